The number of anilines is 2. The summed E-state index contributed by atoms with van der Waals surface area (Å²) in [6.07, 6.45) is 1.59. The zero-order valence-electron chi connectivity index (χ0n) is 18.1. The highest BCUT2D eigenvalue weighted by atomic mass is 16.5. The van der Waals surface area contributed by atoms with Gasteiger partial charge in [-0.05, 0) is 29.8 Å². The van der Waals surface area contributed by atoms with Crippen molar-refractivity contribution in [1.29, 1.82) is 0 Å². The molecule has 1 fully saturated rings. The van der Waals surface area contributed by atoms with E-state index >= 15 is 0 Å². The van der Waals surface area contributed by atoms with E-state index in [0.717, 1.165) is 50.0 Å². The van der Waals surface area contributed by atoms with Crippen LogP contribution < -0.4 is 20.1 Å². The van der Waals surface area contributed by atoms with Crippen LogP contribution in [-0.4, -0.2) is 64.9 Å². The molecule has 0 aliphatic carbocycles. The Bertz CT molecular complexity index is 1210. The average molecular weight is 435 g/mol. The number of hydrogen-bond donors (Lipinski definition) is 1. The number of aromatic nitrogens is 4. The van der Waals surface area contributed by atoms with E-state index in [9.17, 15) is 0 Å². The second-order valence-electron chi connectivity index (χ2n) is 7.61. The molecule has 0 bridgehead atoms. The summed E-state index contributed by atoms with van der Waals surface area (Å²) in [6.45, 7) is 4.35. The predicted molar refractivity (Wildman–Crippen MR) is 120 cm³/mol. The van der Waals surface area contributed by atoms with Crippen molar-refractivity contribution in [3.8, 4) is 23.1 Å². The Morgan fingerprint density at radius 3 is 2.53 bits per heavy atom. The number of benzene rings is 1. The number of hydrogen-bond acceptors (Lipinski definition) is 9. The summed E-state index contributed by atoms with van der Waals surface area (Å²) in [5, 5.41) is 4.40. The first-order valence-corrected chi connectivity index (χ1v) is 10.4. The zero-order chi connectivity index (χ0) is 22.1. The normalized spacial score (nSPS) is 14.8. The minimum atomic E-state index is 0.301. The lowest BCUT2D eigenvalue weighted by Crippen LogP contribution is -2.46. The molecule has 1 aliphatic heterocycles. The topological polar surface area (TPSA) is 107 Å². The van der Waals surface area contributed by atoms with E-state index in [0.29, 0.717) is 23.2 Å². The fraction of sp³-hybridized carbons (Fsp3) is 0.318. The van der Waals surface area contributed by atoms with Gasteiger partial charge in [0.15, 0.2) is 22.9 Å². The maximum absolute atomic E-state index is 6.17. The van der Waals surface area contributed by atoms with Crippen LogP contribution in [0.15, 0.2) is 47.1 Å². The van der Waals surface area contributed by atoms with Crippen molar-refractivity contribution in [1.82, 2.24) is 24.5 Å². The van der Waals surface area contributed by atoms with Crippen LogP contribution in [0.3, 0.4) is 0 Å². The highest BCUT2D eigenvalue weighted by Crippen LogP contribution is 2.28. The van der Waals surface area contributed by atoms with Crippen molar-refractivity contribution in [2.24, 2.45) is 0 Å². The Kier molecular flexibility index (Phi) is 5.28. The van der Waals surface area contributed by atoms with Crippen LogP contribution in [0.1, 0.15) is 5.56 Å². The maximum atomic E-state index is 6.17. The monoisotopic (exact) mass is 435 g/mol. The van der Waals surface area contributed by atoms with Gasteiger partial charge in [-0.3, -0.25) is 4.90 Å². The van der Waals surface area contributed by atoms with Gasteiger partial charge in [-0.15, -0.1) is 5.10 Å². The van der Waals surface area contributed by atoms with Crippen molar-refractivity contribution in [3.05, 3.63) is 48.2 Å². The van der Waals surface area contributed by atoms with Crippen LogP contribution in [-0.2, 0) is 6.54 Å². The third kappa shape index (κ3) is 3.80. The number of ether oxygens (including phenoxy) is 2. The van der Waals surface area contributed by atoms with Gasteiger partial charge in [-0.25, -0.2) is 4.98 Å². The number of piperazine rings is 1. The number of nitrogens with zero attached hydrogens (tertiary/aromatic N) is 6. The molecule has 2 N–H and O–H groups in total. The molecule has 0 radical (unpaired) electrons. The van der Waals surface area contributed by atoms with Crippen LogP contribution in [0.5, 0.6) is 11.5 Å². The Hall–Kier alpha value is -3.79. The van der Waals surface area contributed by atoms with Crippen LogP contribution >= 0.6 is 0 Å². The van der Waals surface area contributed by atoms with E-state index in [1.165, 1.54) is 10.1 Å². The summed E-state index contributed by atoms with van der Waals surface area (Å²) in [6, 6.07) is 11.6. The van der Waals surface area contributed by atoms with Crippen molar-refractivity contribution >= 4 is 17.4 Å². The Morgan fingerprint density at radius 1 is 1.00 bits per heavy atom. The average Bonchev–Trinajstić information content (AvgIpc) is 3.49. The van der Waals surface area contributed by atoms with Crippen molar-refractivity contribution in [3.63, 3.8) is 0 Å². The first kappa shape index (κ1) is 20.1. The molecule has 0 atom stereocenters. The fourth-order valence-electron chi connectivity index (χ4n) is 3.94. The first-order valence-electron chi connectivity index (χ1n) is 10.4. The fourth-order valence-corrected chi connectivity index (χ4v) is 3.94. The quantitative estimate of drug-likeness (QED) is 0.488. The summed E-state index contributed by atoms with van der Waals surface area (Å²) in [4.78, 5) is 13.7. The van der Waals surface area contributed by atoms with Gasteiger partial charge in [-0.2, -0.15) is 9.50 Å². The van der Waals surface area contributed by atoms with Gasteiger partial charge in [-0.1, -0.05) is 6.07 Å². The zero-order valence-corrected chi connectivity index (χ0v) is 18.1. The molecule has 166 valence electrons. The Morgan fingerprint density at radius 2 is 1.81 bits per heavy atom. The van der Waals surface area contributed by atoms with E-state index in [-0.39, 0.29) is 0 Å². The summed E-state index contributed by atoms with van der Waals surface area (Å²) in [5.74, 6) is 3.68. The summed E-state index contributed by atoms with van der Waals surface area (Å²) >= 11 is 0. The van der Waals surface area contributed by atoms with Gasteiger partial charge in [0.1, 0.15) is 5.82 Å². The molecular weight excluding hydrogens is 410 g/mol. The second kappa shape index (κ2) is 8.39. The van der Waals surface area contributed by atoms with Gasteiger partial charge in [0.05, 0.1) is 20.5 Å². The molecule has 1 aliphatic rings. The molecule has 0 spiro atoms. The van der Waals surface area contributed by atoms with Crippen molar-refractivity contribution in [2.75, 3.05) is 51.0 Å². The lowest BCUT2D eigenvalue weighted by atomic mass is 10.1. The van der Waals surface area contributed by atoms with Crippen LogP contribution in [0, 0.1) is 0 Å². The molecule has 0 amide bonds. The molecule has 4 aromatic rings. The summed E-state index contributed by atoms with van der Waals surface area (Å²) in [5.41, 5.74) is 8.00. The first-order chi connectivity index (χ1) is 15.6. The highest BCUT2D eigenvalue weighted by molar-refractivity contribution is 5.59. The van der Waals surface area contributed by atoms with E-state index in [4.69, 9.17) is 19.6 Å². The molecule has 3 aromatic heterocycles. The third-order valence-electron chi connectivity index (χ3n) is 5.63. The molecule has 0 unspecified atom stereocenters. The molecular formula is C22H25N7O3. The number of nitrogens with two attached hydrogens (primary N) is 1. The lowest BCUT2D eigenvalue weighted by molar-refractivity contribution is 0.248. The number of fused-ring (bicyclic) bond motifs is 1. The number of rotatable bonds is 6. The molecule has 0 saturated carbocycles. The SMILES string of the molecule is COc1ccc(CN2CCN(c3cc4nc(-c5ccco5)nn4c(N)n3)CC2)cc1OC. The van der Waals surface area contributed by atoms with E-state index in [1.807, 2.05) is 24.3 Å². The van der Waals surface area contributed by atoms with Gasteiger partial charge in [0.25, 0.3) is 0 Å². The van der Waals surface area contributed by atoms with E-state index in [2.05, 4.69) is 30.9 Å². The minimum Gasteiger partial charge on any atom is -0.493 e. The van der Waals surface area contributed by atoms with Gasteiger partial charge >= 0.3 is 0 Å². The molecule has 1 saturated heterocycles. The lowest BCUT2D eigenvalue weighted by Gasteiger charge is -2.35. The second-order valence-corrected chi connectivity index (χ2v) is 7.61. The number of nitrogen functional groups attached to an aromatic ring is 1. The van der Waals surface area contributed by atoms with Crippen LogP contribution in [0.4, 0.5) is 11.8 Å². The Balaban J connectivity index is 1.28. The number of methoxy groups -OCH3 is 2. The van der Waals surface area contributed by atoms with Crippen LogP contribution in [0.25, 0.3) is 17.2 Å². The molecule has 5 rings (SSSR count). The summed E-state index contributed by atoms with van der Waals surface area (Å²) in [7, 11) is 3.30. The maximum Gasteiger partial charge on any atom is 0.225 e. The third-order valence-corrected chi connectivity index (χ3v) is 5.63. The Labute approximate surface area is 185 Å². The molecule has 10 nitrogen and oxygen atoms in total. The smallest absolute Gasteiger partial charge is 0.225 e. The molecule has 10 heteroatoms. The molecule has 1 aromatic carbocycles. The van der Waals surface area contributed by atoms with Gasteiger partial charge < -0.3 is 24.5 Å². The van der Waals surface area contributed by atoms with E-state index < -0.39 is 0 Å². The van der Waals surface area contributed by atoms with E-state index in [1.54, 1.807) is 26.5 Å². The van der Waals surface area contributed by atoms with Gasteiger partial charge in [0, 0.05) is 38.8 Å². The molecule has 4 heterocycles. The number of furan rings is 1. The van der Waals surface area contributed by atoms with Gasteiger partial charge in [0.2, 0.25) is 11.8 Å². The van der Waals surface area contributed by atoms with Crippen molar-refractivity contribution in [2.45, 2.75) is 6.54 Å². The largest absolute Gasteiger partial charge is 0.493 e. The van der Waals surface area contributed by atoms with Crippen molar-refractivity contribution < 1.29 is 13.9 Å². The van der Waals surface area contributed by atoms with Crippen LogP contribution in [0.2, 0.25) is 0 Å². The minimum absolute atomic E-state index is 0.301. The summed E-state index contributed by atoms with van der Waals surface area (Å²) < 4.78 is 17.7. The standard InChI is InChI=1S/C22H25N7O3/c1-30-16-6-5-15(12-18(16)31-2)14-27-7-9-28(10-8-27)19-13-20-24-21(17-4-3-11-32-17)26-29(20)22(23)25-19/h3-6,11-13H,7-10,14H2,1-2H3,(H2,23,25). The predicted octanol–water partition coefficient (Wildman–Crippen LogP) is 2.31. The highest BCUT2D eigenvalue weighted by Gasteiger charge is 2.21. The molecule has 32 heavy (non-hydrogen) atoms.